The highest BCUT2D eigenvalue weighted by molar-refractivity contribution is 5.90. The Morgan fingerprint density at radius 1 is 1.29 bits per heavy atom. The minimum absolute atomic E-state index is 0.0486. The van der Waals surface area contributed by atoms with Crippen LogP contribution in [0.25, 0.3) is 0 Å². The fourth-order valence-electron chi connectivity index (χ4n) is 3.79. The molecule has 1 aromatic rings. The van der Waals surface area contributed by atoms with Crippen LogP contribution in [0.3, 0.4) is 0 Å². The molecule has 7 nitrogen and oxygen atoms in total. The molecule has 0 radical (unpaired) electrons. The lowest BCUT2D eigenvalue weighted by Crippen LogP contribution is -2.48. The zero-order valence-electron chi connectivity index (χ0n) is 14.1. The highest BCUT2D eigenvalue weighted by Crippen LogP contribution is 2.33. The SMILES string of the molecule is CN1C[C@@H](C(=O)N2CCC(c3nccn3CC3CC3)CC2)NC1=O. The predicted octanol–water partition coefficient (Wildman–Crippen LogP) is 1.02. The summed E-state index contributed by atoms with van der Waals surface area (Å²) in [7, 11) is 1.72. The number of carbonyl (C=O) groups is 2. The number of amides is 3. The number of piperidine rings is 1. The first-order chi connectivity index (χ1) is 11.6. The zero-order chi connectivity index (χ0) is 16.7. The number of likely N-dealkylation sites (tertiary alicyclic amines) is 1. The fourth-order valence-corrected chi connectivity index (χ4v) is 3.79. The summed E-state index contributed by atoms with van der Waals surface area (Å²) in [6.45, 7) is 3.05. The van der Waals surface area contributed by atoms with Crippen molar-refractivity contribution in [1.29, 1.82) is 0 Å². The molecule has 0 aromatic carbocycles. The maximum Gasteiger partial charge on any atom is 0.317 e. The summed E-state index contributed by atoms with van der Waals surface area (Å²) in [5, 5.41) is 2.76. The van der Waals surface area contributed by atoms with Crippen molar-refractivity contribution in [2.45, 2.75) is 44.2 Å². The van der Waals surface area contributed by atoms with Gasteiger partial charge in [0.05, 0.1) is 6.54 Å². The predicted molar refractivity (Wildman–Crippen MR) is 88.5 cm³/mol. The lowest BCUT2D eigenvalue weighted by molar-refractivity contribution is -0.133. The van der Waals surface area contributed by atoms with E-state index >= 15 is 0 Å². The summed E-state index contributed by atoms with van der Waals surface area (Å²) in [5.74, 6) is 2.50. The summed E-state index contributed by atoms with van der Waals surface area (Å²) in [5.41, 5.74) is 0. The molecule has 1 atom stereocenters. The molecule has 3 heterocycles. The van der Waals surface area contributed by atoms with E-state index in [1.165, 1.54) is 18.7 Å². The molecule has 0 unspecified atom stereocenters. The number of aromatic nitrogens is 2. The first-order valence-corrected chi connectivity index (χ1v) is 8.93. The molecule has 7 heteroatoms. The number of nitrogens with one attached hydrogen (secondary N) is 1. The molecule has 2 saturated heterocycles. The third-order valence-electron chi connectivity index (χ3n) is 5.47. The third-order valence-corrected chi connectivity index (χ3v) is 5.47. The minimum Gasteiger partial charge on any atom is -0.341 e. The lowest BCUT2D eigenvalue weighted by Gasteiger charge is -2.33. The molecular weight excluding hydrogens is 306 g/mol. The van der Waals surface area contributed by atoms with Crippen molar-refractivity contribution in [3.63, 3.8) is 0 Å². The molecule has 2 aliphatic heterocycles. The summed E-state index contributed by atoms with van der Waals surface area (Å²) in [6.07, 6.45) is 8.57. The van der Waals surface area contributed by atoms with E-state index in [1.54, 1.807) is 11.9 Å². The highest BCUT2D eigenvalue weighted by Gasteiger charge is 2.36. The Morgan fingerprint density at radius 2 is 2.04 bits per heavy atom. The maximum atomic E-state index is 12.6. The summed E-state index contributed by atoms with van der Waals surface area (Å²) in [4.78, 5) is 32.2. The van der Waals surface area contributed by atoms with E-state index in [4.69, 9.17) is 0 Å². The Bertz CT molecular complexity index is 631. The quantitative estimate of drug-likeness (QED) is 0.895. The number of likely N-dealkylation sites (N-methyl/N-ethyl adjacent to an activating group) is 1. The van der Waals surface area contributed by atoms with Crippen LogP contribution in [0.15, 0.2) is 12.4 Å². The van der Waals surface area contributed by atoms with Gasteiger partial charge < -0.3 is 19.7 Å². The van der Waals surface area contributed by atoms with Gasteiger partial charge >= 0.3 is 6.03 Å². The zero-order valence-corrected chi connectivity index (χ0v) is 14.1. The largest absolute Gasteiger partial charge is 0.341 e. The van der Waals surface area contributed by atoms with Gasteiger partial charge in [0.2, 0.25) is 5.91 Å². The summed E-state index contributed by atoms with van der Waals surface area (Å²) in [6, 6.07) is -0.554. The Kier molecular flexibility index (Phi) is 3.94. The van der Waals surface area contributed by atoms with Crippen LogP contribution in [0.1, 0.15) is 37.4 Å². The van der Waals surface area contributed by atoms with Crippen LogP contribution >= 0.6 is 0 Å². The molecule has 0 bridgehead atoms. The van der Waals surface area contributed by atoms with Crippen molar-refractivity contribution >= 4 is 11.9 Å². The van der Waals surface area contributed by atoms with Gasteiger partial charge in [0.25, 0.3) is 0 Å². The van der Waals surface area contributed by atoms with E-state index < -0.39 is 6.04 Å². The molecule has 1 N–H and O–H groups in total. The van der Waals surface area contributed by atoms with Crippen molar-refractivity contribution in [3.8, 4) is 0 Å². The first kappa shape index (κ1) is 15.5. The summed E-state index contributed by atoms with van der Waals surface area (Å²) < 4.78 is 2.31. The number of hydrogen-bond donors (Lipinski definition) is 1. The van der Waals surface area contributed by atoms with Gasteiger partial charge in [-0.05, 0) is 31.6 Å². The Labute approximate surface area is 142 Å². The molecule has 1 aliphatic carbocycles. The van der Waals surface area contributed by atoms with Gasteiger partial charge in [-0.25, -0.2) is 9.78 Å². The monoisotopic (exact) mass is 331 g/mol. The lowest BCUT2D eigenvalue weighted by atomic mass is 9.95. The molecule has 0 spiro atoms. The van der Waals surface area contributed by atoms with Crippen molar-refractivity contribution in [1.82, 2.24) is 24.7 Å². The van der Waals surface area contributed by atoms with Gasteiger partial charge in [-0.1, -0.05) is 0 Å². The molecule has 3 fully saturated rings. The van der Waals surface area contributed by atoms with Crippen molar-refractivity contribution in [3.05, 3.63) is 18.2 Å². The maximum absolute atomic E-state index is 12.6. The highest BCUT2D eigenvalue weighted by atomic mass is 16.2. The van der Waals surface area contributed by atoms with E-state index in [9.17, 15) is 9.59 Å². The topological polar surface area (TPSA) is 70.5 Å². The van der Waals surface area contributed by atoms with Crippen molar-refractivity contribution < 1.29 is 9.59 Å². The van der Waals surface area contributed by atoms with Crippen LogP contribution in [0, 0.1) is 5.92 Å². The Balaban J connectivity index is 1.34. The molecule has 4 rings (SSSR count). The standard InChI is InChI=1S/C17H25N5O2/c1-20-11-14(19-17(20)24)16(23)21-7-4-13(5-8-21)15-18-6-9-22(15)10-12-2-3-12/h6,9,12-14H,2-5,7-8,10-11H2,1H3,(H,19,24)/t14-/m0/s1. The van der Waals surface area contributed by atoms with Crippen LogP contribution in [0.4, 0.5) is 4.79 Å². The molecule has 1 aromatic heterocycles. The molecular formula is C17H25N5O2. The molecule has 3 amide bonds. The molecule has 3 aliphatic rings. The number of nitrogens with zero attached hydrogens (tertiary/aromatic N) is 4. The second-order valence-electron chi connectivity index (χ2n) is 7.36. The van der Waals surface area contributed by atoms with E-state index in [1.807, 2.05) is 11.1 Å². The van der Waals surface area contributed by atoms with Gasteiger partial charge in [0, 0.05) is 45.0 Å². The number of rotatable bonds is 4. The second-order valence-corrected chi connectivity index (χ2v) is 7.36. The number of carbonyl (C=O) groups excluding carboxylic acids is 2. The van der Waals surface area contributed by atoms with Crippen LogP contribution in [0.2, 0.25) is 0 Å². The van der Waals surface area contributed by atoms with Gasteiger partial charge in [0.15, 0.2) is 0 Å². The van der Waals surface area contributed by atoms with Crippen LogP contribution in [-0.4, -0.2) is 64.0 Å². The normalized spacial score (nSPS) is 25.2. The van der Waals surface area contributed by atoms with E-state index in [0.717, 1.165) is 38.4 Å². The van der Waals surface area contributed by atoms with Gasteiger partial charge in [-0.15, -0.1) is 0 Å². The third kappa shape index (κ3) is 2.99. The van der Waals surface area contributed by atoms with Gasteiger partial charge in [-0.2, -0.15) is 0 Å². The van der Waals surface area contributed by atoms with Crippen molar-refractivity contribution in [2.24, 2.45) is 5.92 Å². The Hall–Kier alpha value is -2.05. The molecule has 130 valence electrons. The van der Waals surface area contributed by atoms with Crippen molar-refractivity contribution in [2.75, 3.05) is 26.7 Å². The average molecular weight is 331 g/mol. The first-order valence-electron chi connectivity index (χ1n) is 8.93. The average Bonchev–Trinajstić information content (AvgIpc) is 3.17. The molecule has 24 heavy (non-hydrogen) atoms. The van der Waals surface area contributed by atoms with Gasteiger partial charge in [-0.3, -0.25) is 4.79 Å². The van der Waals surface area contributed by atoms with Crippen LogP contribution in [-0.2, 0) is 11.3 Å². The van der Waals surface area contributed by atoms with E-state index in [-0.39, 0.29) is 11.9 Å². The van der Waals surface area contributed by atoms with Crippen LogP contribution in [0.5, 0.6) is 0 Å². The Morgan fingerprint density at radius 3 is 2.67 bits per heavy atom. The fraction of sp³-hybridized carbons (Fsp3) is 0.706. The number of urea groups is 1. The van der Waals surface area contributed by atoms with E-state index in [2.05, 4.69) is 21.1 Å². The number of imidazole rings is 1. The van der Waals surface area contributed by atoms with Crippen LogP contribution < -0.4 is 5.32 Å². The smallest absolute Gasteiger partial charge is 0.317 e. The minimum atomic E-state index is -0.393. The molecule has 1 saturated carbocycles. The van der Waals surface area contributed by atoms with E-state index in [0.29, 0.717) is 12.5 Å². The second kappa shape index (κ2) is 6.11. The van der Waals surface area contributed by atoms with Gasteiger partial charge in [0.1, 0.15) is 11.9 Å². The number of hydrogen-bond acceptors (Lipinski definition) is 3. The summed E-state index contributed by atoms with van der Waals surface area (Å²) >= 11 is 0.